The number of Topliss-reactive ketones (excluding diaryl/α,β-unsaturated/α-hetero) is 1. The lowest BCUT2D eigenvalue weighted by Crippen LogP contribution is -2.26. The number of thioether (sulfide) groups is 2. The van der Waals surface area contributed by atoms with Gasteiger partial charge in [-0.25, -0.2) is 4.79 Å². The van der Waals surface area contributed by atoms with Crippen molar-refractivity contribution in [3.8, 4) is 23.3 Å². The normalized spacial score (nSPS) is 17.6. The Morgan fingerprint density at radius 3 is 2.57 bits per heavy atom. The SMILES string of the molecule is CSC1COc2ccc(C(=O)C#Cc3ccc(C(=O)O)c(O)c3)cc2C1SC. The van der Waals surface area contributed by atoms with Gasteiger partial charge >= 0.3 is 5.97 Å². The highest BCUT2D eigenvalue weighted by molar-refractivity contribution is 8.02. The molecule has 1 aliphatic heterocycles. The summed E-state index contributed by atoms with van der Waals surface area (Å²) >= 11 is 3.48. The van der Waals surface area contributed by atoms with E-state index in [0.29, 0.717) is 23.0 Å². The molecule has 0 bridgehead atoms. The molecule has 2 atom stereocenters. The third kappa shape index (κ3) is 4.13. The number of fused-ring (bicyclic) bond motifs is 1. The van der Waals surface area contributed by atoms with Gasteiger partial charge in [0.05, 0.1) is 5.25 Å². The Labute approximate surface area is 171 Å². The molecule has 0 fully saturated rings. The van der Waals surface area contributed by atoms with E-state index in [1.54, 1.807) is 35.7 Å². The van der Waals surface area contributed by atoms with Crippen molar-refractivity contribution in [2.75, 3.05) is 19.1 Å². The molecule has 0 saturated heterocycles. The van der Waals surface area contributed by atoms with Crippen LogP contribution in [0.25, 0.3) is 0 Å². The number of aromatic carboxylic acids is 1. The van der Waals surface area contributed by atoms with E-state index in [9.17, 15) is 14.7 Å². The van der Waals surface area contributed by atoms with Gasteiger partial charge in [-0.1, -0.05) is 5.92 Å². The molecule has 1 aliphatic rings. The molecule has 5 nitrogen and oxygen atoms in total. The molecule has 0 aliphatic carbocycles. The van der Waals surface area contributed by atoms with Crippen LogP contribution in [0.2, 0.25) is 0 Å². The van der Waals surface area contributed by atoms with Gasteiger partial charge in [0.25, 0.3) is 0 Å². The third-order valence-electron chi connectivity index (χ3n) is 4.42. The molecule has 3 rings (SSSR count). The number of carboxylic acid groups (broad SMARTS) is 1. The molecular weight excluding hydrogens is 396 g/mol. The summed E-state index contributed by atoms with van der Waals surface area (Å²) in [6, 6.07) is 9.28. The molecular formula is C21H18O5S2. The average Bonchev–Trinajstić information content (AvgIpc) is 2.70. The van der Waals surface area contributed by atoms with E-state index in [0.717, 1.165) is 11.3 Å². The zero-order valence-electron chi connectivity index (χ0n) is 15.3. The standard InChI is InChI=1S/C21H18O5S2/c1-27-19-11-26-18-8-5-13(10-15(18)20(19)28-2)16(22)7-4-12-3-6-14(21(24)25)17(23)9-12/h3,5-6,8-10,19-20,23H,11H2,1-2H3,(H,24,25). The summed E-state index contributed by atoms with van der Waals surface area (Å²) in [7, 11) is 0. The van der Waals surface area contributed by atoms with Gasteiger partial charge in [0.15, 0.2) is 0 Å². The molecule has 0 radical (unpaired) electrons. The molecule has 0 saturated carbocycles. The Morgan fingerprint density at radius 1 is 1.14 bits per heavy atom. The maximum Gasteiger partial charge on any atom is 0.339 e. The summed E-state index contributed by atoms with van der Waals surface area (Å²) in [4.78, 5) is 23.5. The number of carboxylic acids is 1. The van der Waals surface area contributed by atoms with Crippen molar-refractivity contribution >= 4 is 35.3 Å². The van der Waals surface area contributed by atoms with Gasteiger partial charge in [-0.05, 0) is 54.8 Å². The second-order valence-corrected chi connectivity index (χ2v) is 8.17. The summed E-state index contributed by atoms with van der Waals surface area (Å²) in [5.41, 5.74) is 1.62. The Hall–Kier alpha value is -2.56. The van der Waals surface area contributed by atoms with Crippen LogP contribution >= 0.6 is 23.5 Å². The summed E-state index contributed by atoms with van der Waals surface area (Å²) in [5.74, 6) is 4.07. The molecule has 28 heavy (non-hydrogen) atoms. The van der Waals surface area contributed by atoms with Crippen molar-refractivity contribution in [2.24, 2.45) is 0 Å². The van der Waals surface area contributed by atoms with Crippen LogP contribution in [0.5, 0.6) is 11.5 Å². The molecule has 2 N–H and O–H groups in total. The molecule has 2 aromatic rings. The summed E-state index contributed by atoms with van der Waals surface area (Å²) < 4.78 is 5.81. The number of hydrogen-bond acceptors (Lipinski definition) is 6. The second kappa shape index (κ2) is 8.63. The van der Waals surface area contributed by atoms with E-state index < -0.39 is 5.97 Å². The van der Waals surface area contributed by atoms with Gasteiger partial charge < -0.3 is 14.9 Å². The van der Waals surface area contributed by atoms with Gasteiger partial charge in [-0.3, -0.25) is 4.79 Å². The van der Waals surface area contributed by atoms with E-state index >= 15 is 0 Å². The van der Waals surface area contributed by atoms with E-state index in [2.05, 4.69) is 11.8 Å². The van der Waals surface area contributed by atoms with Crippen molar-refractivity contribution in [2.45, 2.75) is 10.5 Å². The Kier molecular flexibility index (Phi) is 6.22. The fourth-order valence-electron chi connectivity index (χ4n) is 2.96. The van der Waals surface area contributed by atoms with E-state index in [4.69, 9.17) is 9.84 Å². The minimum absolute atomic E-state index is 0.210. The van der Waals surface area contributed by atoms with Gasteiger partial charge in [0, 0.05) is 21.9 Å². The van der Waals surface area contributed by atoms with E-state index in [-0.39, 0.29) is 22.3 Å². The lowest BCUT2D eigenvalue weighted by atomic mass is 10.0. The van der Waals surface area contributed by atoms with Gasteiger partial charge in [0.2, 0.25) is 5.78 Å². The largest absolute Gasteiger partial charge is 0.507 e. The smallest absolute Gasteiger partial charge is 0.339 e. The molecule has 1 heterocycles. The maximum atomic E-state index is 12.5. The van der Waals surface area contributed by atoms with Crippen LogP contribution in [0, 0.1) is 11.8 Å². The Balaban J connectivity index is 1.86. The van der Waals surface area contributed by atoms with Gasteiger partial charge in [-0.2, -0.15) is 23.5 Å². The van der Waals surface area contributed by atoms with E-state index in [1.165, 1.54) is 18.2 Å². The van der Waals surface area contributed by atoms with Crippen LogP contribution in [0.15, 0.2) is 36.4 Å². The fraction of sp³-hybridized carbons (Fsp3) is 0.238. The Morgan fingerprint density at radius 2 is 1.93 bits per heavy atom. The number of rotatable bonds is 4. The first-order chi connectivity index (χ1) is 13.4. The van der Waals surface area contributed by atoms with Crippen molar-refractivity contribution in [1.82, 2.24) is 0 Å². The lowest BCUT2D eigenvalue weighted by Gasteiger charge is -2.31. The minimum Gasteiger partial charge on any atom is -0.507 e. The predicted octanol–water partition coefficient (Wildman–Crippen LogP) is 3.85. The number of carbonyl (C=O) groups is 2. The molecule has 0 aromatic heterocycles. The molecule has 2 aromatic carbocycles. The highest BCUT2D eigenvalue weighted by atomic mass is 32.2. The zero-order valence-corrected chi connectivity index (χ0v) is 16.9. The lowest BCUT2D eigenvalue weighted by molar-refractivity contribution is 0.0693. The molecule has 0 spiro atoms. The van der Waals surface area contributed by atoms with Crippen molar-refractivity contribution in [3.05, 3.63) is 58.7 Å². The second-order valence-electron chi connectivity index (χ2n) is 6.11. The van der Waals surface area contributed by atoms with Crippen LogP contribution in [0.4, 0.5) is 0 Å². The quantitative estimate of drug-likeness (QED) is 0.581. The maximum absolute atomic E-state index is 12.5. The summed E-state index contributed by atoms with van der Waals surface area (Å²) in [5, 5.41) is 19.2. The molecule has 144 valence electrons. The predicted molar refractivity (Wildman–Crippen MR) is 112 cm³/mol. The number of ketones is 1. The number of ether oxygens (including phenoxy) is 1. The summed E-state index contributed by atoms with van der Waals surface area (Å²) in [6.45, 7) is 0.641. The number of carbonyl (C=O) groups excluding carboxylic acids is 1. The number of benzene rings is 2. The topological polar surface area (TPSA) is 83.8 Å². The third-order valence-corrected chi connectivity index (χ3v) is 6.70. The first-order valence-corrected chi connectivity index (χ1v) is 11.0. The van der Waals surface area contributed by atoms with Gasteiger partial charge in [0.1, 0.15) is 23.7 Å². The van der Waals surface area contributed by atoms with Crippen molar-refractivity contribution < 1.29 is 24.5 Å². The highest BCUT2D eigenvalue weighted by Gasteiger charge is 2.30. The molecule has 7 heteroatoms. The first-order valence-electron chi connectivity index (χ1n) is 8.39. The van der Waals surface area contributed by atoms with Crippen LogP contribution in [0.1, 0.15) is 37.1 Å². The molecule has 2 unspecified atom stereocenters. The average molecular weight is 415 g/mol. The van der Waals surface area contributed by atoms with Crippen LogP contribution in [-0.2, 0) is 0 Å². The van der Waals surface area contributed by atoms with Gasteiger partial charge in [-0.15, -0.1) is 0 Å². The first kappa shape index (κ1) is 20.2. The molecule has 0 amide bonds. The monoisotopic (exact) mass is 414 g/mol. The zero-order chi connectivity index (χ0) is 20.3. The number of phenols is 1. The minimum atomic E-state index is -1.23. The Bertz CT molecular complexity index is 990. The van der Waals surface area contributed by atoms with Crippen LogP contribution < -0.4 is 4.74 Å². The summed E-state index contributed by atoms with van der Waals surface area (Å²) in [6.07, 6.45) is 4.10. The van der Waals surface area contributed by atoms with Crippen LogP contribution in [0.3, 0.4) is 0 Å². The van der Waals surface area contributed by atoms with Crippen molar-refractivity contribution in [1.29, 1.82) is 0 Å². The number of hydrogen-bond donors (Lipinski definition) is 2. The van der Waals surface area contributed by atoms with E-state index in [1.807, 2.05) is 18.6 Å². The highest BCUT2D eigenvalue weighted by Crippen LogP contribution is 2.44. The van der Waals surface area contributed by atoms with Crippen LogP contribution in [-0.4, -0.2) is 46.3 Å². The number of aromatic hydroxyl groups is 1. The fourth-order valence-corrected chi connectivity index (χ4v) is 5.05. The van der Waals surface area contributed by atoms with Crippen molar-refractivity contribution in [3.63, 3.8) is 0 Å².